The van der Waals surface area contributed by atoms with E-state index >= 15 is 0 Å². The highest BCUT2D eigenvalue weighted by molar-refractivity contribution is 6.16. The lowest BCUT2D eigenvalue weighted by molar-refractivity contribution is 0.769. The van der Waals surface area contributed by atoms with Crippen LogP contribution in [0.3, 0.4) is 0 Å². The molecule has 2 aromatic heterocycles. The Labute approximate surface area is 127 Å². The molecule has 5 heteroatoms. The molecule has 0 fully saturated rings. The Balaban J connectivity index is 2.05. The van der Waals surface area contributed by atoms with Gasteiger partial charge in [-0.3, -0.25) is 0 Å². The largest absolute Gasteiger partial charge is 0.307 e. The lowest BCUT2D eigenvalue weighted by atomic mass is 10.1. The minimum Gasteiger partial charge on any atom is -0.307 e. The van der Waals surface area contributed by atoms with E-state index in [0.717, 1.165) is 28.2 Å². The van der Waals surface area contributed by atoms with Crippen molar-refractivity contribution in [3.8, 4) is 6.07 Å². The van der Waals surface area contributed by atoms with Crippen molar-refractivity contribution >= 4 is 22.8 Å². The molecule has 21 heavy (non-hydrogen) atoms. The van der Waals surface area contributed by atoms with Gasteiger partial charge in [-0.05, 0) is 36.8 Å². The molecule has 0 saturated heterocycles. The van der Waals surface area contributed by atoms with Gasteiger partial charge in [0.1, 0.15) is 11.3 Å². The minimum atomic E-state index is 0.339. The minimum absolute atomic E-state index is 0.339. The van der Waals surface area contributed by atoms with Crippen molar-refractivity contribution in [3.63, 3.8) is 0 Å². The maximum Gasteiger partial charge on any atom is 0.160 e. The van der Waals surface area contributed by atoms with E-state index in [1.165, 1.54) is 0 Å². The molecule has 0 N–H and O–H groups in total. The molecule has 0 saturated carbocycles. The number of imidazole rings is 1. The van der Waals surface area contributed by atoms with Crippen LogP contribution in [0.25, 0.3) is 11.2 Å². The molecule has 0 atom stereocenters. The van der Waals surface area contributed by atoms with Crippen molar-refractivity contribution < 1.29 is 0 Å². The number of nitriles is 1. The fourth-order valence-corrected chi connectivity index (χ4v) is 2.48. The fourth-order valence-electron chi connectivity index (χ4n) is 2.28. The standard InChI is InChI=1S/C16H13ClN4/c1-11-2-7-14-16(19-11)21(15(8-17)20-14)10-13-5-3-12(9-18)4-6-13/h2-7H,8,10H2,1H3. The number of pyridine rings is 1. The smallest absolute Gasteiger partial charge is 0.160 e. The third-order valence-electron chi connectivity index (χ3n) is 3.35. The summed E-state index contributed by atoms with van der Waals surface area (Å²) < 4.78 is 2.02. The zero-order valence-electron chi connectivity index (χ0n) is 11.5. The normalized spacial score (nSPS) is 10.7. The Bertz CT molecular complexity index is 828. The van der Waals surface area contributed by atoms with E-state index in [-0.39, 0.29) is 0 Å². The van der Waals surface area contributed by atoms with Gasteiger partial charge in [-0.1, -0.05) is 12.1 Å². The van der Waals surface area contributed by atoms with Gasteiger partial charge in [0, 0.05) is 5.69 Å². The molecule has 0 aliphatic rings. The van der Waals surface area contributed by atoms with Gasteiger partial charge < -0.3 is 4.57 Å². The molecule has 0 radical (unpaired) electrons. The summed E-state index contributed by atoms with van der Waals surface area (Å²) in [5.74, 6) is 1.14. The number of hydrogen-bond acceptors (Lipinski definition) is 3. The highest BCUT2D eigenvalue weighted by Gasteiger charge is 2.11. The molecule has 3 aromatic rings. The highest BCUT2D eigenvalue weighted by Crippen LogP contribution is 2.18. The molecular weight excluding hydrogens is 284 g/mol. The molecule has 2 heterocycles. The molecule has 104 valence electrons. The monoisotopic (exact) mass is 296 g/mol. The molecule has 0 aliphatic heterocycles. The Morgan fingerprint density at radius 2 is 1.90 bits per heavy atom. The molecule has 0 spiro atoms. The summed E-state index contributed by atoms with van der Waals surface area (Å²) >= 11 is 6.00. The van der Waals surface area contributed by atoms with Crippen LogP contribution in [0, 0.1) is 18.3 Å². The number of halogens is 1. The second-order valence-corrected chi connectivity index (χ2v) is 5.12. The predicted octanol–water partition coefficient (Wildman–Crippen LogP) is 3.40. The van der Waals surface area contributed by atoms with E-state index < -0.39 is 0 Å². The van der Waals surface area contributed by atoms with Crippen molar-refractivity contribution in [1.82, 2.24) is 14.5 Å². The fraction of sp³-hybridized carbons (Fsp3) is 0.188. The highest BCUT2D eigenvalue weighted by atomic mass is 35.5. The summed E-state index contributed by atoms with van der Waals surface area (Å²) in [6.07, 6.45) is 0. The first-order chi connectivity index (χ1) is 10.2. The number of aryl methyl sites for hydroxylation is 1. The van der Waals surface area contributed by atoms with Gasteiger partial charge in [-0.15, -0.1) is 11.6 Å². The van der Waals surface area contributed by atoms with Gasteiger partial charge in [0.2, 0.25) is 0 Å². The summed E-state index contributed by atoms with van der Waals surface area (Å²) in [5, 5.41) is 8.85. The number of aromatic nitrogens is 3. The Morgan fingerprint density at radius 1 is 1.14 bits per heavy atom. The van der Waals surface area contributed by atoms with E-state index in [1.807, 2.05) is 47.9 Å². The van der Waals surface area contributed by atoms with Gasteiger partial charge in [0.05, 0.1) is 24.1 Å². The third-order valence-corrected chi connectivity index (χ3v) is 3.59. The lowest BCUT2D eigenvalue weighted by Gasteiger charge is -2.07. The van der Waals surface area contributed by atoms with Crippen LogP contribution in [-0.2, 0) is 12.4 Å². The molecular formula is C16H13ClN4. The Kier molecular flexibility index (Phi) is 3.59. The number of alkyl halides is 1. The number of fused-ring (bicyclic) bond motifs is 1. The average Bonchev–Trinajstić information content (AvgIpc) is 2.85. The van der Waals surface area contributed by atoms with Gasteiger partial charge in [0.25, 0.3) is 0 Å². The van der Waals surface area contributed by atoms with Crippen molar-refractivity contribution in [3.05, 3.63) is 59.0 Å². The van der Waals surface area contributed by atoms with Crippen LogP contribution >= 0.6 is 11.6 Å². The van der Waals surface area contributed by atoms with Gasteiger partial charge in [0.15, 0.2) is 5.65 Å². The Hall–Kier alpha value is -2.38. The van der Waals surface area contributed by atoms with E-state index in [9.17, 15) is 0 Å². The first kappa shape index (κ1) is 13.6. The number of rotatable bonds is 3. The van der Waals surface area contributed by atoms with Crippen LogP contribution in [0.5, 0.6) is 0 Å². The van der Waals surface area contributed by atoms with Crippen LogP contribution < -0.4 is 0 Å². The first-order valence-electron chi connectivity index (χ1n) is 6.59. The molecule has 0 amide bonds. The predicted molar refractivity (Wildman–Crippen MR) is 82.1 cm³/mol. The molecule has 3 rings (SSSR count). The van der Waals surface area contributed by atoms with Crippen LogP contribution in [-0.4, -0.2) is 14.5 Å². The first-order valence-corrected chi connectivity index (χ1v) is 7.12. The van der Waals surface area contributed by atoms with E-state index in [4.69, 9.17) is 16.9 Å². The number of benzene rings is 1. The maximum atomic E-state index is 8.85. The van der Waals surface area contributed by atoms with Crippen LogP contribution in [0.15, 0.2) is 36.4 Å². The van der Waals surface area contributed by atoms with Gasteiger partial charge in [-0.25, -0.2) is 9.97 Å². The van der Waals surface area contributed by atoms with Gasteiger partial charge in [-0.2, -0.15) is 5.26 Å². The van der Waals surface area contributed by atoms with Gasteiger partial charge >= 0.3 is 0 Å². The van der Waals surface area contributed by atoms with Crippen LogP contribution in [0.1, 0.15) is 22.6 Å². The van der Waals surface area contributed by atoms with Crippen LogP contribution in [0.2, 0.25) is 0 Å². The van der Waals surface area contributed by atoms with Crippen LogP contribution in [0.4, 0.5) is 0 Å². The van der Waals surface area contributed by atoms with Crippen molar-refractivity contribution in [2.45, 2.75) is 19.3 Å². The second-order valence-electron chi connectivity index (χ2n) is 4.85. The van der Waals surface area contributed by atoms with E-state index in [2.05, 4.69) is 16.0 Å². The topological polar surface area (TPSA) is 54.5 Å². The molecule has 0 unspecified atom stereocenters. The van der Waals surface area contributed by atoms with Crippen molar-refractivity contribution in [2.75, 3.05) is 0 Å². The van der Waals surface area contributed by atoms with Crippen molar-refractivity contribution in [2.24, 2.45) is 0 Å². The zero-order chi connectivity index (χ0) is 14.8. The zero-order valence-corrected chi connectivity index (χ0v) is 12.3. The Morgan fingerprint density at radius 3 is 2.57 bits per heavy atom. The summed E-state index contributed by atoms with van der Waals surface area (Å²) in [5.41, 5.74) is 4.38. The van der Waals surface area contributed by atoms with E-state index in [0.29, 0.717) is 18.0 Å². The molecule has 4 nitrogen and oxygen atoms in total. The summed E-state index contributed by atoms with van der Waals surface area (Å²) in [6.45, 7) is 2.60. The van der Waals surface area contributed by atoms with Crippen molar-refractivity contribution in [1.29, 1.82) is 5.26 Å². The summed E-state index contributed by atoms with van der Waals surface area (Å²) in [7, 11) is 0. The second kappa shape index (κ2) is 5.55. The molecule has 0 bridgehead atoms. The summed E-state index contributed by atoms with van der Waals surface area (Å²) in [4.78, 5) is 9.08. The number of nitrogens with zero attached hydrogens (tertiary/aromatic N) is 4. The SMILES string of the molecule is Cc1ccc2nc(CCl)n(Cc3ccc(C#N)cc3)c2n1. The third kappa shape index (κ3) is 2.61. The molecule has 1 aromatic carbocycles. The average molecular weight is 297 g/mol. The van der Waals surface area contributed by atoms with E-state index in [1.54, 1.807) is 0 Å². The maximum absolute atomic E-state index is 8.85. The lowest BCUT2D eigenvalue weighted by Crippen LogP contribution is -2.05. The number of hydrogen-bond donors (Lipinski definition) is 0. The quantitative estimate of drug-likeness (QED) is 0.696. The molecule has 0 aliphatic carbocycles. The summed E-state index contributed by atoms with van der Waals surface area (Å²) in [6, 6.07) is 13.5.